The molecule has 0 saturated carbocycles. The summed E-state index contributed by atoms with van der Waals surface area (Å²) in [4.78, 5) is 15.2. The monoisotopic (exact) mass is 238 g/mol. The number of hydrogen-bond acceptors (Lipinski definition) is 4. The van der Waals surface area contributed by atoms with Crippen molar-refractivity contribution in [1.29, 1.82) is 0 Å². The Morgan fingerprint density at radius 2 is 2.24 bits per heavy atom. The molecule has 2 rings (SSSR count). The molecule has 1 N–H and O–H groups in total. The van der Waals surface area contributed by atoms with Gasteiger partial charge in [-0.15, -0.1) is 0 Å². The Kier molecular flexibility index (Phi) is 3.38. The SMILES string of the molecule is CC1CN(C)CCCN1c1ccc(C(=O)O)o1. The van der Waals surface area contributed by atoms with Gasteiger partial charge >= 0.3 is 5.97 Å². The number of rotatable bonds is 2. The molecule has 1 unspecified atom stereocenters. The Hall–Kier alpha value is -1.49. The predicted octanol–water partition coefficient (Wildman–Crippen LogP) is 1.51. The largest absolute Gasteiger partial charge is 0.475 e. The minimum absolute atomic E-state index is 0.00445. The van der Waals surface area contributed by atoms with Crippen LogP contribution in [0.2, 0.25) is 0 Å². The van der Waals surface area contributed by atoms with E-state index in [2.05, 4.69) is 23.8 Å². The second-order valence-corrected chi connectivity index (χ2v) is 4.60. The first-order valence-electron chi connectivity index (χ1n) is 5.86. The third kappa shape index (κ3) is 2.61. The maximum absolute atomic E-state index is 10.8. The van der Waals surface area contributed by atoms with Gasteiger partial charge in [-0.3, -0.25) is 0 Å². The lowest BCUT2D eigenvalue weighted by molar-refractivity contribution is 0.0663. The van der Waals surface area contributed by atoms with Gasteiger partial charge in [0.15, 0.2) is 5.88 Å². The number of hydrogen-bond donors (Lipinski definition) is 1. The fourth-order valence-corrected chi connectivity index (χ4v) is 2.30. The zero-order valence-electron chi connectivity index (χ0n) is 10.2. The maximum Gasteiger partial charge on any atom is 0.371 e. The van der Waals surface area contributed by atoms with E-state index in [0.717, 1.165) is 26.1 Å². The first-order valence-corrected chi connectivity index (χ1v) is 5.86. The van der Waals surface area contributed by atoms with Crippen LogP contribution in [0.15, 0.2) is 16.5 Å². The molecule has 1 aliphatic rings. The highest BCUT2D eigenvalue weighted by Crippen LogP contribution is 2.23. The fourth-order valence-electron chi connectivity index (χ4n) is 2.30. The molecule has 94 valence electrons. The summed E-state index contributed by atoms with van der Waals surface area (Å²) in [5, 5.41) is 8.84. The molecule has 0 aliphatic carbocycles. The molecule has 1 fully saturated rings. The molecule has 2 heterocycles. The van der Waals surface area contributed by atoms with E-state index in [1.165, 1.54) is 6.07 Å². The van der Waals surface area contributed by atoms with Gasteiger partial charge in [0.05, 0.1) is 0 Å². The zero-order chi connectivity index (χ0) is 12.4. The summed E-state index contributed by atoms with van der Waals surface area (Å²) in [7, 11) is 2.10. The minimum Gasteiger partial charge on any atom is -0.475 e. The lowest BCUT2D eigenvalue weighted by Crippen LogP contribution is -2.37. The molecule has 0 aromatic carbocycles. The van der Waals surface area contributed by atoms with Crippen LogP contribution < -0.4 is 4.90 Å². The van der Waals surface area contributed by atoms with Crippen molar-refractivity contribution in [3.05, 3.63) is 17.9 Å². The van der Waals surface area contributed by atoms with Gasteiger partial charge in [-0.2, -0.15) is 0 Å². The number of likely N-dealkylation sites (N-methyl/N-ethyl adjacent to an activating group) is 1. The van der Waals surface area contributed by atoms with Crippen LogP contribution >= 0.6 is 0 Å². The minimum atomic E-state index is -1.02. The van der Waals surface area contributed by atoms with E-state index in [4.69, 9.17) is 9.52 Å². The van der Waals surface area contributed by atoms with E-state index in [1.54, 1.807) is 6.07 Å². The first-order chi connectivity index (χ1) is 8.08. The number of aromatic carboxylic acids is 1. The molecule has 5 nitrogen and oxygen atoms in total. The van der Waals surface area contributed by atoms with Gasteiger partial charge in [-0.05, 0) is 33.0 Å². The summed E-state index contributed by atoms with van der Waals surface area (Å²) >= 11 is 0. The molecule has 1 aromatic rings. The smallest absolute Gasteiger partial charge is 0.371 e. The van der Waals surface area contributed by atoms with Gasteiger partial charge in [0.2, 0.25) is 5.76 Å². The van der Waals surface area contributed by atoms with E-state index in [1.807, 2.05) is 0 Å². The van der Waals surface area contributed by atoms with Crippen molar-refractivity contribution in [2.75, 3.05) is 31.6 Å². The summed E-state index contributed by atoms with van der Waals surface area (Å²) in [6, 6.07) is 3.58. The van der Waals surface area contributed by atoms with Gasteiger partial charge in [0, 0.05) is 25.2 Å². The molecule has 1 aliphatic heterocycles. The van der Waals surface area contributed by atoms with Gasteiger partial charge < -0.3 is 19.3 Å². The van der Waals surface area contributed by atoms with Crippen molar-refractivity contribution in [3.8, 4) is 0 Å². The molecule has 1 atom stereocenters. The van der Waals surface area contributed by atoms with Crippen LogP contribution in [-0.2, 0) is 0 Å². The molecule has 1 aromatic heterocycles. The third-order valence-corrected chi connectivity index (χ3v) is 3.13. The van der Waals surface area contributed by atoms with Crippen molar-refractivity contribution in [2.45, 2.75) is 19.4 Å². The molecule has 0 radical (unpaired) electrons. The van der Waals surface area contributed by atoms with Gasteiger partial charge in [-0.1, -0.05) is 0 Å². The second-order valence-electron chi connectivity index (χ2n) is 4.60. The Morgan fingerprint density at radius 3 is 2.88 bits per heavy atom. The molecular formula is C12H18N2O3. The zero-order valence-corrected chi connectivity index (χ0v) is 10.2. The molecule has 1 saturated heterocycles. The summed E-state index contributed by atoms with van der Waals surface area (Å²) in [6.45, 7) is 5.05. The summed E-state index contributed by atoms with van der Waals surface area (Å²) in [6.07, 6.45) is 1.06. The van der Waals surface area contributed by atoms with E-state index >= 15 is 0 Å². The number of carboxylic acid groups (broad SMARTS) is 1. The highest BCUT2D eigenvalue weighted by atomic mass is 16.4. The van der Waals surface area contributed by atoms with Crippen LogP contribution in [0.5, 0.6) is 0 Å². The number of carboxylic acids is 1. The Morgan fingerprint density at radius 1 is 1.47 bits per heavy atom. The highest BCUT2D eigenvalue weighted by Gasteiger charge is 2.23. The summed E-state index contributed by atoms with van der Waals surface area (Å²) in [5.41, 5.74) is 0. The normalized spacial score (nSPS) is 22.5. The standard InChI is InChI=1S/C12H18N2O3/c1-9-8-13(2)6-3-7-14(9)11-5-4-10(17-11)12(15)16/h4-5,9H,3,6-8H2,1-2H3,(H,15,16). The van der Waals surface area contributed by atoms with Crippen LogP contribution in [0, 0.1) is 0 Å². The van der Waals surface area contributed by atoms with E-state index in [0.29, 0.717) is 11.9 Å². The Labute approximate surface area is 101 Å². The van der Waals surface area contributed by atoms with Gasteiger partial charge in [0.25, 0.3) is 0 Å². The third-order valence-electron chi connectivity index (χ3n) is 3.13. The summed E-state index contributed by atoms with van der Waals surface area (Å²) in [5.74, 6) is -0.356. The van der Waals surface area contributed by atoms with Crippen molar-refractivity contribution in [2.24, 2.45) is 0 Å². The van der Waals surface area contributed by atoms with Crippen molar-refractivity contribution >= 4 is 11.9 Å². The average molecular weight is 238 g/mol. The maximum atomic E-state index is 10.8. The predicted molar refractivity (Wildman–Crippen MR) is 64.6 cm³/mol. The van der Waals surface area contributed by atoms with E-state index in [9.17, 15) is 4.79 Å². The van der Waals surface area contributed by atoms with Crippen LogP contribution in [0.25, 0.3) is 0 Å². The lowest BCUT2D eigenvalue weighted by atomic mass is 10.3. The molecule has 0 spiro atoms. The fraction of sp³-hybridized carbons (Fsp3) is 0.583. The van der Waals surface area contributed by atoms with Crippen LogP contribution in [0.3, 0.4) is 0 Å². The van der Waals surface area contributed by atoms with Gasteiger partial charge in [0.1, 0.15) is 0 Å². The average Bonchev–Trinajstić information content (AvgIpc) is 2.67. The Balaban J connectivity index is 2.16. The topological polar surface area (TPSA) is 56.9 Å². The summed E-state index contributed by atoms with van der Waals surface area (Å²) < 4.78 is 5.35. The Bertz CT molecular complexity index is 402. The first kappa shape index (κ1) is 12.0. The van der Waals surface area contributed by atoms with Crippen molar-refractivity contribution in [1.82, 2.24) is 4.90 Å². The second kappa shape index (κ2) is 4.79. The lowest BCUT2D eigenvalue weighted by Gasteiger charge is -2.27. The number of nitrogens with zero attached hydrogens (tertiary/aromatic N) is 2. The van der Waals surface area contributed by atoms with Gasteiger partial charge in [-0.25, -0.2) is 4.79 Å². The quantitative estimate of drug-likeness (QED) is 0.846. The number of carbonyl (C=O) groups is 1. The van der Waals surface area contributed by atoms with Crippen LogP contribution in [0.1, 0.15) is 23.9 Å². The van der Waals surface area contributed by atoms with E-state index < -0.39 is 5.97 Å². The molecule has 0 amide bonds. The highest BCUT2D eigenvalue weighted by molar-refractivity contribution is 5.84. The van der Waals surface area contributed by atoms with E-state index in [-0.39, 0.29) is 5.76 Å². The molecule has 5 heteroatoms. The van der Waals surface area contributed by atoms with Crippen LogP contribution in [-0.4, -0.2) is 48.7 Å². The number of furan rings is 1. The number of anilines is 1. The molecule has 17 heavy (non-hydrogen) atoms. The molecular weight excluding hydrogens is 220 g/mol. The van der Waals surface area contributed by atoms with Crippen molar-refractivity contribution < 1.29 is 14.3 Å². The van der Waals surface area contributed by atoms with Crippen LogP contribution in [0.4, 0.5) is 5.88 Å². The van der Waals surface area contributed by atoms with Crippen molar-refractivity contribution in [3.63, 3.8) is 0 Å². The molecule has 0 bridgehead atoms.